The predicted molar refractivity (Wildman–Crippen MR) is 53.1 cm³/mol. The standard InChI is InChI=1S/C9H13BrN2/c10-9-5-7(6-12-9)8-3-1-2-4-11-8/h5-6,8,11-12H,1-4H2/t8-/m0/s1. The molecule has 3 heteroatoms. The van der Waals surface area contributed by atoms with E-state index in [1.807, 2.05) is 0 Å². The number of aromatic amines is 1. The second-order valence-corrected chi connectivity index (χ2v) is 4.14. The Labute approximate surface area is 80.9 Å². The van der Waals surface area contributed by atoms with Crippen LogP contribution in [0.1, 0.15) is 30.9 Å². The first-order chi connectivity index (χ1) is 5.86. The first kappa shape index (κ1) is 8.32. The van der Waals surface area contributed by atoms with Gasteiger partial charge >= 0.3 is 0 Å². The second-order valence-electron chi connectivity index (χ2n) is 3.28. The van der Waals surface area contributed by atoms with Gasteiger partial charge < -0.3 is 10.3 Å². The third kappa shape index (κ3) is 1.72. The SMILES string of the molecule is Brc1cc([C@@H]2CCCCN2)c[nH]1. The van der Waals surface area contributed by atoms with Crippen LogP contribution < -0.4 is 5.32 Å². The fraction of sp³-hybridized carbons (Fsp3) is 0.556. The molecule has 0 amide bonds. The van der Waals surface area contributed by atoms with Gasteiger partial charge in [-0.25, -0.2) is 0 Å². The van der Waals surface area contributed by atoms with Crippen molar-refractivity contribution < 1.29 is 0 Å². The number of halogens is 1. The molecule has 0 radical (unpaired) electrons. The topological polar surface area (TPSA) is 27.8 Å². The van der Waals surface area contributed by atoms with E-state index >= 15 is 0 Å². The van der Waals surface area contributed by atoms with Gasteiger partial charge in [0.25, 0.3) is 0 Å². The lowest BCUT2D eigenvalue weighted by atomic mass is 10.0. The fourth-order valence-electron chi connectivity index (χ4n) is 1.72. The summed E-state index contributed by atoms with van der Waals surface area (Å²) in [7, 11) is 0. The molecule has 0 aliphatic carbocycles. The number of nitrogens with one attached hydrogen (secondary N) is 2. The van der Waals surface area contributed by atoms with Gasteiger partial charge in [-0.2, -0.15) is 0 Å². The van der Waals surface area contributed by atoms with Crippen LogP contribution in [0.25, 0.3) is 0 Å². The van der Waals surface area contributed by atoms with Crippen molar-refractivity contribution in [3.05, 3.63) is 22.4 Å². The molecule has 1 aromatic rings. The number of piperidine rings is 1. The van der Waals surface area contributed by atoms with Crippen LogP contribution >= 0.6 is 15.9 Å². The van der Waals surface area contributed by atoms with Gasteiger partial charge in [0.2, 0.25) is 0 Å². The van der Waals surface area contributed by atoms with Crippen LogP contribution in [0.2, 0.25) is 0 Å². The summed E-state index contributed by atoms with van der Waals surface area (Å²) in [6.45, 7) is 1.16. The van der Waals surface area contributed by atoms with Crippen molar-refractivity contribution in [3.63, 3.8) is 0 Å². The zero-order valence-electron chi connectivity index (χ0n) is 6.94. The molecule has 1 atom stereocenters. The normalized spacial score (nSPS) is 24.2. The molecule has 66 valence electrons. The van der Waals surface area contributed by atoms with Gasteiger partial charge in [-0.05, 0) is 46.9 Å². The Morgan fingerprint density at radius 1 is 1.42 bits per heavy atom. The second kappa shape index (κ2) is 3.62. The van der Waals surface area contributed by atoms with Gasteiger partial charge in [-0.15, -0.1) is 0 Å². The van der Waals surface area contributed by atoms with Gasteiger partial charge in [0, 0.05) is 12.2 Å². The van der Waals surface area contributed by atoms with E-state index in [1.165, 1.54) is 24.8 Å². The summed E-state index contributed by atoms with van der Waals surface area (Å²) >= 11 is 3.42. The maximum atomic E-state index is 3.51. The minimum atomic E-state index is 0.571. The molecule has 1 aliphatic heterocycles. The van der Waals surface area contributed by atoms with Crippen molar-refractivity contribution in [2.75, 3.05) is 6.54 Å². The van der Waals surface area contributed by atoms with Crippen molar-refractivity contribution in [2.24, 2.45) is 0 Å². The Morgan fingerprint density at radius 2 is 2.33 bits per heavy atom. The minimum Gasteiger partial charge on any atom is -0.356 e. The highest BCUT2D eigenvalue weighted by Gasteiger charge is 2.14. The highest BCUT2D eigenvalue weighted by molar-refractivity contribution is 9.10. The van der Waals surface area contributed by atoms with E-state index < -0.39 is 0 Å². The number of aromatic nitrogens is 1. The maximum absolute atomic E-state index is 3.51. The van der Waals surface area contributed by atoms with Gasteiger partial charge in [0.05, 0.1) is 4.60 Å². The highest BCUT2D eigenvalue weighted by Crippen LogP contribution is 2.24. The molecule has 2 rings (SSSR count). The summed E-state index contributed by atoms with van der Waals surface area (Å²) < 4.78 is 1.07. The summed E-state index contributed by atoms with van der Waals surface area (Å²) in [4.78, 5) is 3.14. The van der Waals surface area contributed by atoms with Gasteiger partial charge in [-0.1, -0.05) is 6.42 Å². The van der Waals surface area contributed by atoms with Crippen LogP contribution in [0.4, 0.5) is 0 Å². The summed E-state index contributed by atoms with van der Waals surface area (Å²) in [6, 6.07) is 2.73. The molecule has 12 heavy (non-hydrogen) atoms. The Morgan fingerprint density at radius 3 is 2.92 bits per heavy atom. The van der Waals surface area contributed by atoms with Crippen molar-refractivity contribution in [1.82, 2.24) is 10.3 Å². The molecule has 0 aromatic carbocycles. The summed E-state index contributed by atoms with van der Waals surface area (Å²) in [5, 5.41) is 3.51. The summed E-state index contributed by atoms with van der Waals surface area (Å²) in [5.74, 6) is 0. The summed E-state index contributed by atoms with van der Waals surface area (Å²) in [5.41, 5.74) is 1.38. The molecule has 1 saturated heterocycles. The molecule has 1 aromatic heterocycles. The van der Waals surface area contributed by atoms with Crippen molar-refractivity contribution >= 4 is 15.9 Å². The smallest absolute Gasteiger partial charge is 0.0823 e. The molecule has 2 heterocycles. The van der Waals surface area contributed by atoms with E-state index in [0.29, 0.717) is 6.04 Å². The number of H-pyrrole nitrogens is 1. The van der Waals surface area contributed by atoms with Crippen LogP contribution in [0.3, 0.4) is 0 Å². The molecule has 1 fully saturated rings. The molecule has 0 saturated carbocycles. The molecular formula is C9H13BrN2. The predicted octanol–water partition coefficient (Wildman–Crippen LogP) is 2.59. The van der Waals surface area contributed by atoms with E-state index in [1.54, 1.807) is 0 Å². The monoisotopic (exact) mass is 228 g/mol. The lowest BCUT2D eigenvalue weighted by Crippen LogP contribution is -2.26. The van der Waals surface area contributed by atoms with Gasteiger partial charge in [-0.3, -0.25) is 0 Å². The number of hydrogen-bond donors (Lipinski definition) is 2. The van der Waals surface area contributed by atoms with Crippen molar-refractivity contribution in [1.29, 1.82) is 0 Å². The summed E-state index contributed by atoms with van der Waals surface area (Å²) in [6.07, 6.45) is 6.01. The van der Waals surface area contributed by atoms with Crippen molar-refractivity contribution in [2.45, 2.75) is 25.3 Å². The highest BCUT2D eigenvalue weighted by atomic mass is 79.9. The van der Waals surface area contributed by atoms with Gasteiger partial charge in [0.15, 0.2) is 0 Å². The van der Waals surface area contributed by atoms with Crippen LogP contribution in [0.5, 0.6) is 0 Å². The van der Waals surface area contributed by atoms with E-state index in [9.17, 15) is 0 Å². The molecule has 2 N–H and O–H groups in total. The third-order valence-electron chi connectivity index (χ3n) is 2.38. The first-order valence-electron chi connectivity index (χ1n) is 4.43. The Balaban J connectivity index is 2.08. The number of rotatable bonds is 1. The van der Waals surface area contributed by atoms with E-state index in [-0.39, 0.29) is 0 Å². The lowest BCUT2D eigenvalue weighted by molar-refractivity contribution is 0.412. The zero-order valence-corrected chi connectivity index (χ0v) is 8.52. The molecule has 0 unspecified atom stereocenters. The van der Waals surface area contributed by atoms with Crippen LogP contribution in [0, 0.1) is 0 Å². The maximum Gasteiger partial charge on any atom is 0.0823 e. The zero-order chi connectivity index (χ0) is 8.39. The molecule has 2 nitrogen and oxygen atoms in total. The first-order valence-corrected chi connectivity index (χ1v) is 5.23. The van der Waals surface area contributed by atoms with Gasteiger partial charge in [0.1, 0.15) is 0 Å². The van der Waals surface area contributed by atoms with Crippen LogP contribution in [0.15, 0.2) is 16.9 Å². The number of hydrogen-bond acceptors (Lipinski definition) is 1. The average molecular weight is 229 g/mol. The van der Waals surface area contributed by atoms with Crippen LogP contribution in [-0.2, 0) is 0 Å². The Kier molecular flexibility index (Phi) is 2.51. The largest absolute Gasteiger partial charge is 0.356 e. The Bertz CT molecular complexity index is 251. The quantitative estimate of drug-likeness (QED) is 0.761. The molecule has 0 bridgehead atoms. The van der Waals surface area contributed by atoms with Crippen LogP contribution in [-0.4, -0.2) is 11.5 Å². The fourth-order valence-corrected chi connectivity index (χ4v) is 2.10. The average Bonchev–Trinajstić information content (AvgIpc) is 2.54. The van der Waals surface area contributed by atoms with Crippen molar-refractivity contribution in [3.8, 4) is 0 Å². The molecule has 0 spiro atoms. The molecular weight excluding hydrogens is 216 g/mol. The van der Waals surface area contributed by atoms with E-state index in [0.717, 1.165) is 11.1 Å². The minimum absolute atomic E-state index is 0.571. The van der Waals surface area contributed by atoms with E-state index in [2.05, 4.69) is 38.5 Å². The molecule has 1 aliphatic rings. The third-order valence-corrected chi connectivity index (χ3v) is 2.84. The Hall–Kier alpha value is -0.280. The lowest BCUT2D eigenvalue weighted by Gasteiger charge is -2.22. The van der Waals surface area contributed by atoms with E-state index in [4.69, 9.17) is 0 Å².